The van der Waals surface area contributed by atoms with E-state index in [2.05, 4.69) is 0 Å². The van der Waals surface area contributed by atoms with E-state index in [1.807, 2.05) is 17.0 Å². The van der Waals surface area contributed by atoms with Gasteiger partial charge in [0.15, 0.2) is 16.6 Å². The Bertz CT molecular complexity index is 1090. The Balaban J connectivity index is 1.74. The molecule has 2 aromatic carbocycles. The van der Waals surface area contributed by atoms with Crippen LogP contribution < -0.4 is 14.4 Å². The van der Waals surface area contributed by atoms with Gasteiger partial charge in [0.25, 0.3) is 5.91 Å². The molecule has 1 amide bonds. The molecule has 9 nitrogen and oxygen atoms in total. The van der Waals surface area contributed by atoms with Crippen LogP contribution in [0.15, 0.2) is 30.3 Å². The van der Waals surface area contributed by atoms with Crippen molar-refractivity contribution in [1.29, 1.82) is 0 Å². The van der Waals surface area contributed by atoms with E-state index < -0.39 is 18.0 Å². The van der Waals surface area contributed by atoms with Crippen LogP contribution in [0.1, 0.15) is 31.8 Å². The first-order valence-corrected chi connectivity index (χ1v) is 10.4. The predicted octanol–water partition coefficient (Wildman–Crippen LogP) is 2.34. The third-order valence-corrected chi connectivity index (χ3v) is 6.21. The number of anilines is 1. The van der Waals surface area contributed by atoms with Crippen molar-refractivity contribution in [2.45, 2.75) is 19.0 Å². The molecule has 0 aliphatic carbocycles. The normalized spacial score (nSPS) is 16.8. The van der Waals surface area contributed by atoms with Gasteiger partial charge in [0.2, 0.25) is 0 Å². The van der Waals surface area contributed by atoms with Crippen LogP contribution >= 0.6 is 12.2 Å². The first-order valence-electron chi connectivity index (χ1n) is 10.0. The Hall–Kier alpha value is -3.66. The van der Waals surface area contributed by atoms with Crippen LogP contribution in [0.4, 0.5) is 5.69 Å². The van der Waals surface area contributed by atoms with Crippen LogP contribution in [0.2, 0.25) is 0 Å². The summed E-state index contributed by atoms with van der Waals surface area (Å²) in [5.41, 5.74) is 2.44. The summed E-state index contributed by atoms with van der Waals surface area (Å²) in [6.07, 6.45) is 0.422. The fraction of sp³-hybridized carbons (Fsp3) is 0.304. The average molecular weight is 471 g/mol. The molecule has 2 aliphatic heterocycles. The largest absolute Gasteiger partial charge is 0.493 e. The number of rotatable bonds is 5. The lowest BCUT2D eigenvalue weighted by atomic mass is 9.94. The third kappa shape index (κ3) is 3.76. The Labute approximate surface area is 195 Å². The number of methoxy groups -OCH3 is 4. The van der Waals surface area contributed by atoms with Crippen LogP contribution in [-0.2, 0) is 27.2 Å². The molecule has 4 rings (SSSR count). The van der Waals surface area contributed by atoms with E-state index in [4.69, 9.17) is 31.2 Å². The van der Waals surface area contributed by atoms with Crippen molar-refractivity contribution < 1.29 is 33.3 Å². The Kier molecular flexibility index (Phi) is 5.94. The maximum absolute atomic E-state index is 13.4. The molecule has 1 atom stereocenters. The highest BCUT2D eigenvalue weighted by Gasteiger charge is 2.46. The van der Waals surface area contributed by atoms with Crippen molar-refractivity contribution in [3.05, 3.63) is 52.6 Å². The lowest BCUT2D eigenvalue weighted by Crippen LogP contribution is -2.40. The van der Waals surface area contributed by atoms with Crippen molar-refractivity contribution in [3.63, 3.8) is 0 Å². The molecule has 0 aromatic heterocycles. The number of nitrogens with zero attached hydrogens (tertiary/aromatic N) is 2. The molecule has 0 bridgehead atoms. The molecule has 0 saturated carbocycles. The SMILES string of the molecule is COC(=O)c1cc(C(=O)OC)cc(N2C(=O)[C@H]3Cc4cc(OC)c(OC)cc4CN3C2=S)c1. The predicted molar refractivity (Wildman–Crippen MR) is 122 cm³/mol. The highest BCUT2D eigenvalue weighted by molar-refractivity contribution is 7.80. The summed E-state index contributed by atoms with van der Waals surface area (Å²) in [6, 6.07) is 7.53. The number of carbonyl (C=O) groups excluding carboxylic acids is 3. The number of esters is 2. The molecule has 0 spiro atoms. The van der Waals surface area contributed by atoms with Gasteiger partial charge in [-0.05, 0) is 53.7 Å². The number of ether oxygens (including phenoxy) is 4. The van der Waals surface area contributed by atoms with Gasteiger partial charge in [0, 0.05) is 13.0 Å². The molecule has 172 valence electrons. The highest BCUT2D eigenvalue weighted by atomic mass is 32.1. The van der Waals surface area contributed by atoms with Crippen molar-refractivity contribution in [3.8, 4) is 11.5 Å². The topological polar surface area (TPSA) is 94.6 Å². The minimum Gasteiger partial charge on any atom is -0.493 e. The smallest absolute Gasteiger partial charge is 0.337 e. The number of fused-ring (bicyclic) bond motifs is 2. The zero-order chi connectivity index (χ0) is 23.9. The van der Waals surface area contributed by atoms with Gasteiger partial charge in [-0.15, -0.1) is 0 Å². The van der Waals surface area contributed by atoms with Crippen LogP contribution in [0.3, 0.4) is 0 Å². The number of carbonyl (C=O) groups is 3. The van der Waals surface area contributed by atoms with Crippen molar-refractivity contribution in [1.82, 2.24) is 4.90 Å². The average Bonchev–Trinajstić information content (AvgIpc) is 3.09. The van der Waals surface area contributed by atoms with Gasteiger partial charge in [0.1, 0.15) is 6.04 Å². The summed E-state index contributed by atoms with van der Waals surface area (Å²) in [6.45, 7) is 0.405. The van der Waals surface area contributed by atoms with Crippen molar-refractivity contribution in [2.24, 2.45) is 0 Å². The van der Waals surface area contributed by atoms with Crippen molar-refractivity contribution >= 4 is 40.9 Å². The van der Waals surface area contributed by atoms with Gasteiger partial charge in [-0.1, -0.05) is 0 Å². The zero-order valence-electron chi connectivity index (χ0n) is 18.5. The second-order valence-electron chi connectivity index (χ2n) is 7.53. The van der Waals surface area contributed by atoms with E-state index >= 15 is 0 Å². The van der Waals surface area contributed by atoms with Gasteiger partial charge in [-0.2, -0.15) is 0 Å². The molecule has 10 heteroatoms. The molecular formula is C23H22N2O7S. The minimum absolute atomic E-state index is 0.105. The lowest BCUT2D eigenvalue weighted by Gasteiger charge is -2.31. The van der Waals surface area contributed by atoms with E-state index in [0.717, 1.165) is 11.1 Å². The molecule has 0 N–H and O–H groups in total. The third-order valence-electron chi connectivity index (χ3n) is 5.80. The number of hydrogen-bond acceptors (Lipinski definition) is 8. The van der Waals surface area contributed by atoms with Crippen molar-refractivity contribution in [2.75, 3.05) is 33.3 Å². The molecular weight excluding hydrogens is 448 g/mol. The fourth-order valence-corrected chi connectivity index (χ4v) is 4.54. The second-order valence-corrected chi connectivity index (χ2v) is 7.90. The van der Waals surface area contributed by atoms with Crippen LogP contribution in [0.25, 0.3) is 0 Å². The summed E-state index contributed by atoms with van der Waals surface area (Å²) in [4.78, 5) is 41.0. The number of thiocarbonyl (C=S) groups is 1. The molecule has 2 heterocycles. The molecule has 0 unspecified atom stereocenters. The lowest BCUT2D eigenvalue weighted by molar-refractivity contribution is -0.120. The standard InChI is InChI=1S/C23H22N2O7S/c1-29-18-9-12-8-17-20(26)25(23(33)24(17)11-15(12)10-19(18)30-2)16-6-13(21(27)31-3)5-14(7-16)22(28)32-4/h5-7,9-10,17H,8,11H2,1-4H3/t17-/m1/s1. The molecule has 0 radical (unpaired) electrons. The monoisotopic (exact) mass is 470 g/mol. The maximum atomic E-state index is 13.4. The van der Waals surface area contributed by atoms with Gasteiger partial charge in [-0.3, -0.25) is 9.69 Å². The summed E-state index contributed by atoms with van der Waals surface area (Å²) in [5.74, 6) is -0.370. The first-order chi connectivity index (χ1) is 15.8. The molecule has 1 fully saturated rings. The fourth-order valence-electron chi connectivity index (χ4n) is 4.16. The van der Waals surface area contributed by atoms with Gasteiger partial charge in [0.05, 0.1) is 45.3 Å². The number of benzene rings is 2. The number of hydrogen-bond donors (Lipinski definition) is 0. The molecule has 1 saturated heterocycles. The maximum Gasteiger partial charge on any atom is 0.337 e. The molecule has 2 aliphatic rings. The van der Waals surface area contributed by atoms with E-state index in [0.29, 0.717) is 30.2 Å². The second kappa shape index (κ2) is 8.70. The quantitative estimate of drug-likeness (QED) is 0.482. The van der Waals surface area contributed by atoms with E-state index in [-0.39, 0.29) is 22.1 Å². The summed E-state index contributed by atoms with van der Waals surface area (Å²) >= 11 is 5.65. The Morgan fingerprint density at radius 3 is 1.94 bits per heavy atom. The first kappa shape index (κ1) is 22.5. The number of amides is 1. The molecule has 33 heavy (non-hydrogen) atoms. The Morgan fingerprint density at radius 1 is 0.879 bits per heavy atom. The van der Waals surface area contributed by atoms with E-state index in [1.54, 1.807) is 14.2 Å². The van der Waals surface area contributed by atoms with Gasteiger partial charge < -0.3 is 23.8 Å². The highest BCUT2D eigenvalue weighted by Crippen LogP contribution is 2.38. The van der Waals surface area contributed by atoms with E-state index in [1.165, 1.54) is 37.3 Å². The van der Waals surface area contributed by atoms with Gasteiger partial charge in [-0.25, -0.2) is 9.59 Å². The van der Waals surface area contributed by atoms with Crippen LogP contribution in [-0.4, -0.2) is 62.3 Å². The zero-order valence-corrected chi connectivity index (χ0v) is 19.4. The van der Waals surface area contributed by atoms with E-state index in [9.17, 15) is 14.4 Å². The van der Waals surface area contributed by atoms with Gasteiger partial charge >= 0.3 is 11.9 Å². The van der Waals surface area contributed by atoms with Crippen LogP contribution in [0, 0.1) is 0 Å². The Morgan fingerprint density at radius 2 is 1.42 bits per heavy atom. The van der Waals surface area contributed by atoms with Crippen LogP contribution in [0.5, 0.6) is 11.5 Å². The minimum atomic E-state index is -0.649. The summed E-state index contributed by atoms with van der Waals surface area (Å²) < 4.78 is 20.4. The molecule has 2 aromatic rings. The summed E-state index contributed by atoms with van der Waals surface area (Å²) in [7, 11) is 5.59. The summed E-state index contributed by atoms with van der Waals surface area (Å²) in [5, 5.41) is 0.281.